The predicted molar refractivity (Wildman–Crippen MR) is 117 cm³/mol. The van der Waals surface area contributed by atoms with Crippen LogP contribution in [0.4, 0.5) is 10.9 Å². The first kappa shape index (κ1) is 19.5. The maximum atomic E-state index is 12.2. The molecular formula is C22H19N5O2S. The Balaban J connectivity index is 1.39. The van der Waals surface area contributed by atoms with Crippen LogP contribution in [0, 0.1) is 6.92 Å². The van der Waals surface area contributed by atoms with Gasteiger partial charge in [-0.15, -0.1) is 10.2 Å². The highest BCUT2D eigenvalue weighted by Gasteiger charge is 2.09. The number of para-hydroxylation sites is 1. The minimum atomic E-state index is -0.275. The van der Waals surface area contributed by atoms with Gasteiger partial charge in [-0.05, 0) is 37.3 Å². The number of nitrogens with one attached hydrogen (secondary N) is 2. The fourth-order valence-corrected chi connectivity index (χ4v) is 3.14. The Morgan fingerprint density at radius 2 is 1.90 bits per heavy atom. The Kier molecular flexibility index (Phi) is 5.95. The molecule has 2 N–H and O–H groups in total. The minimum absolute atomic E-state index is 0.275. The van der Waals surface area contributed by atoms with E-state index in [9.17, 15) is 4.79 Å². The summed E-state index contributed by atoms with van der Waals surface area (Å²) >= 11 is 1.26. The van der Waals surface area contributed by atoms with Crippen molar-refractivity contribution in [3.63, 3.8) is 0 Å². The van der Waals surface area contributed by atoms with Gasteiger partial charge in [0, 0.05) is 18.3 Å². The molecule has 0 unspecified atom stereocenters. The van der Waals surface area contributed by atoms with Gasteiger partial charge in [-0.3, -0.25) is 10.1 Å². The van der Waals surface area contributed by atoms with Gasteiger partial charge in [-0.1, -0.05) is 47.2 Å². The van der Waals surface area contributed by atoms with E-state index in [1.165, 1.54) is 23.1 Å². The molecule has 7 nitrogen and oxygen atoms in total. The van der Waals surface area contributed by atoms with Gasteiger partial charge in [0.05, 0.1) is 5.56 Å². The van der Waals surface area contributed by atoms with Crippen LogP contribution in [0.15, 0.2) is 72.4 Å². The SMILES string of the molecule is Cc1ccc(Oc2ccccc2CNc2ccc(C(=O)Nc3nncs3)cn2)cc1. The molecule has 4 aromatic rings. The number of rotatable bonds is 7. The number of amides is 1. The molecule has 2 heterocycles. The van der Waals surface area contributed by atoms with Crippen LogP contribution in [-0.2, 0) is 6.54 Å². The summed E-state index contributed by atoms with van der Waals surface area (Å²) in [6.07, 6.45) is 1.52. The topological polar surface area (TPSA) is 89.0 Å². The van der Waals surface area contributed by atoms with Crippen molar-refractivity contribution in [2.75, 3.05) is 10.6 Å². The molecule has 150 valence electrons. The first-order valence-corrected chi connectivity index (χ1v) is 10.2. The maximum Gasteiger partial charge on any atom is 0.259 e. The number of nitrogens with zero attached hydrogens (tertiary/aromatic N) is 3. The second-order valence-electron chi connectivity index (χ2n) is 6.51. The van der Waals surface area contributed by atoms with E-state index >= 15 is 0 Å². The van der Waals surface area contributed by atoms with Crippen LogP contribution in [0.2, 0.25) is 0 Å². The lowest BCUT2D eigenvalue weighted by Crippen LogP contribution is -2.12. The third-order valence-electron chi connectivity index (χ3n) is 4.29. The fraction of sp³-hybridized carbons (Fsp3) is 0.0909. The van der Waals surface area contributed by atoms with E-state index in [2.05, 4.69) is 25.8 Å². The molecule has 0 radical (unpaired) electrons. The molecule has 4 rings (SSSR count). The summed E-state index contributed by atoms with van der Waals surface area (Å²) in [7, 11) is 0. The van der Waals surface area contributed by atoms with Crippen LogP contribution >= 0.6 is 11.3 Å². The highest BCUT2D eigenvalue weighted by molar-refractivity contribution is 7.13. The first-order valence-electron chi connectivity index (χ1n) is 9.27. The van der Waals surface area contributed by atoms with Crippen LogP contribution in [0.25, 0.3) is 0 Å². The number of carbonyl (C=O) groups excluding carboxylic acids is 1. The Bertz CT molecular complexity index is 1110. The summed E-state index contributed by atoms with van der Waals surface area (Å²) < 4.78 is 6.03. The van der Waals surface area contributed by atoms with E-state index in [4.69, 9.17) is 4.74 Å². The van der Waals surface area contributed by atoms with Gasteiger partial charge in [0.15, 0.2) is 0 Å². The minimum Gasteiger partial charge on any atom is -0.457 e. The standard InChI is InChI=1S/C22H19N5O2S/c1-15-6-9-18(10-7-15)29-19-5-3-2-4-16(19)12-23-20-11-8-17(13-24-20)21(28)26-22-27-25-14-30-22/h2-11,13-14H,12H2,1H3,(H,23,24)(H,26,27,28). The van der Waals surface area contributed by atoms with E-state index < -0.39 is 0 Å². The van der Waals surface area contributed by atoms with Crippen molar-refractivity contribution in [1.82, 2.24) is 15.2 Å². The van der Waals surface area contributed by atoms with Crippen LogP contribution in [0.5, 0.6) is 11.5 Å². The van der Waals surface area contributed by atoms with Crippen LogP contribution in [-0.4, -0.2) is 21.1 Å². The molecule has 30 heavy (non-hydrogen) atoms. The molecule has 0 aliphatic heterocycles. The van der Waals surface area contributed by atoms with Gasteiger partial charge in [-0.2, -0.15) is 0 Å². The van der Waals surface area contributed by atoms with E-state index in [1.54, 1.807) is 17.6 Å². The van der Waals surface area contributed by atoms with Gasteiger partial charge in [0.2, 0.25) is 5.13 Å². The number of aryl methyl sites for hydroxylation is 1. The molecule has 2 aromatic carbocycles. The number of ether oxygens (including phenoxy) is 1. The maximum absolute atomic E-state index is 12.2. The van der Waals surface area contributed by atoms with Gasteiger partial charge in [0.1, 0.15) is 22.8 Å². The van der Waals surface area contributed by atoms with Crippen molar-refractivity contribution in [2.45, 2.75) is 13.5 Å². The van der Waals surface area contributed by atoms with Crippen molar-refractivity contribution in [1.29, 1.82) is 0 Å². The van der Waals surface area contributed by atoms with E-state index in [-0.39, 0.29) is 5.91 Å². The van der Waals surface area contributed by atoms with Crippen molar-refractivity contribution >= 4 is 28.2 Å². The summed E-state index contributed by atoms with van der Waals surface area (Å²) in [6.45, 7) is 2.57. The van der Waals surface area contributed by atoms with Gasteiger partial charge < -0.3 is 10.1 Å². The zero-order chi connectivity index (χ0) is 20.8. The number of pyridine rings is 1. The van der Waals surface area contributed by atoms with Gasteiger partial charge in [0.25, 0.3) is 5.91 Å². The number of aromatic nitrogens is 3. The molecule has 0 saturated heterocycles. The lowest BCUT2D eigenvalue weighted by atomic mass is 10.2. The van der Waals surface area contributed by atoms with E-state index in [0.717, 1.165) is 17.1 Å². The predicted octanol–water partition coefficient (Wildman–Crippen LogP) is 4.90. The zero-order valence-corrected chi connectivity index (χ0v) is 17.0. The molecule has 0 atom stereocenters. The first-order chi connectivity index (χ1) is 14.7. The number of hydrogen-bond acceptors (Lipinski definition) is 7. The smallest absolute Gasteiger partial charge is 0.259 e. The molecular weight excluding hydrogens is 398 g/mol. The van der Waals surface area contributed by atoms with Crippen molar-refractivity contribution in [3.05, 3.63) is 89.1 Å². The zero-order valence-electron chi connectivity index (χ0n) is 16.2. The molecule has 0 spiro atoms. The molecule has 0 bridgehead atoms. The summed E-state index contributed by atoms with van der Waals surface area (Å²) in [4.78, 5) is 16.5. The Morgan fingerprint density at radius 1 is 1.07 bits per heavy atom. The van der Waals surface area contributed by atoms with Crippen LogP contribution < -0.4 is 15.4 Å². The molecule has 0 saturated carbocycles. The molecule has 0 aliphatic carbocycles. The highest BCUT2D eigenvalue weighted by Crippen LogP contribution is 2.26. The van der Waals surface area contributed by atoms with E-state index in [1.807, 2.05) is 55.5 Å². The summed E-state index contributed by atoms with van der Waals surface area (Å²) in [5.74, 6) is 1.95. The average Bonchev–Trinajstić information content (AvgIpc) is 3.28. The molecule has 2 aromatic heterocycles. The summed E-state index contributed by atoms with van der Waals surface area (Å²) in [6, 6.07) is 19.2. The largest absolute Gasteiger partial charge is 0.457 e. The fourth-order valence-electron chi connectivity index (χ4n) is 2.70. The van der Waals surface area contributed by atoms with Crippen molar-refractivity contribution in [2.24, 2.45) is 0 Å². The van der Waals surface area contributed by atoms with Crippen LogP contribution in [0.3, 0.4) is 0 Å². The number of carbonyl (C=O) groups is 1. The summed E-state index contributed by atoms with van der Waals surface area (Å²) in [5.41, 5.74) is 4.18. The molecule has 0 fully saturated rings. The van der Waals surface area contributed by atoms with Crippen molar-refractivity contribution < 1.29 is 9.53 Å². The van der Waals surface area contributed by atoms with Gasteiger partial charge >= 0.3 is 0 Å². The Hall–Kier alpha value is -3.78. The third kappa shape index (κ3) is 4.98. The molecule has 8 heteroatoms. The van der Waals surface area contributed by atoms with Crippen LogP contribution in [0.1, 0.15) is 21.5 Å². The number of benzene rings is 2. The Morgan fingerprint density at radius 3 is 2.63 bits per heavy atom. The van der Waals surface area contributed by atoms with E-state index in [0.29, 0.717) is 23.1 Å². The van der Waals surface area contributed by atoms with Gasteiger partial charge in [-0.25, -0.2) is 4.98 Å². The number of anilines is 2. The average molecular weight is 417 g/mol. The normalized spacial score (nSPS) is 10.4. The third-order valence-corrected chi connectivity index (χ3v) is 4.89. The molecule has 0 aliphatic rings. The molecule has 1 amide bonds. The second kappa shape index (κ2) is 9.15. The lowest BCUT2D eigenvalue weighted by Gasteiger charge is -2.12. The Labute approximate surface area is 177 Å². The second-order valence-corrected chi connectivity index (χ2v) is 7.34. The van der Waals surface area contributed by atoms with Crippen molar-refractivity contribution in [3.8, 4) is 11.5 Å². The monoisotopic (exact) mass is 417 g/mol. The number of hydrogen-bond donors (Lipinski definition) is 2. The quantitative estimate of drug-likeness (QED) is 0.445. The highest BCUT2D eigenvalue weighted by atomic mass is 32.1. The lowest BCUT2D eigenvalue weighted by molar-refractivity contribution is 0.102. The summed E-state index contributed by atoms with van der Waals surface area (Å²) in [5, 5.41) is 13.9.